The van der Waals surface area contributed by atoms with Gasteiger partial charge in [-0.2, -0.15) is 4.98 Å². The maximum absolute atomic E-state index is 12.2. The van der Waals surface area contributed by atoms with E-state index in [1.807, 2.05) is 0 Å². The molecular formula is C17H18N4O5. The van der Waals surface area contributed by atoms with E-state index in [2.05, 4.69) is 9.97 Å². The van der Waals surface area contributed by atoms with E-state index in [0.717, 1.165) is 11.1 Å². The van der Waals surface area contributed by atoms with Crippen molar-refractivity contribution in [2.24, 2.45) is 5.73 Å². The summed E-state index contributed by atoms with van der Waals surface area (Å²) in [4.78, 5) is 43.9. The summed E-state index contributed by atoms with van der Waals surface area (Å²) >= 11 is 0. The highest BCUT2D eigenvalue weighted by atomic mass is 16.4. The van der Waals surface area contributed by atoms with Crippen LogP contribution in [0.15, 0.2) is 30.5 Å². The van der Waals surface area contributed by atoms with Crippen LogP contribution in [0.2, 0.25) is 0 Å². The second-order valence-electron chi connectivity index (χ2n) is 5.49. The minimum atomic E-state index is -1.34. The molecule has 9 nitrogen and oxygen atoms in total. The molecular weight excluding hydrogens is 340 g/mol. The highest BCUT2D eigenvalue weighted by molar-refractivity contribution is 6.16. The first-order valence-corrected chi connectivity index (χ1v) is 7.78. The number of carboxylic acids is 1. The van der Waals surface area contributed by atoms with Gasteiger partial charge in [-0.05, 0) is 31.2 Å². The third kappa shape index (κ3) is 3.83. The van der Waals surface area contributed by atoms with Gasteiger partial charge in [-0.25, -0.2) is 14.7 Å². The molecule has 1 aromatic carbocycles. The Morgan fingerprint density at radius 1 is 1.23 bits per heavy atom. The molecule has 1 heterocycles. The number of rotatable bonds is 5. The summed E-state index contributed by atoms with van der Waals surface area (Å²) < 4.78 is 0. The Kier molecular flexibility index (Phi) is 5.63. The van der Waals surface area contributed by atoms with Crippen molar-refractivity contribution in [3.05, 3.63) is 36.0 Å². The number of amides is 2. The fourth-order valence-electron chi connectivity index (χ4n) is 2.18. The first kappa shape index (κ1) is 19.0. The summed E-state index contributed by atoms with van der Waals surface area (Å²) in [6.07, 6.45) is 1.13. The van der Waals surface area contributed by atoms with Crippen LogP contribution in [0.25, 0.3) is 11.4 Å². The highest BCUT2D eigenvalue weighted by Gasteiger charge is 2.24. The minimum Gasteiger partial charge on any atom is -0.493 e. The van der Waals surface area contributed by atoms with Crippen LogP contribution >= 0.6 is 0 Å². The van der Waals surface area contributed by atoms with E-state index in [4.69, 9.17) is 10.8 Å². The van der Waals surface area contributed by atoms with Crippen LogP contribution in [0.1, 0.15) is 30.6 Å². The Hall–Kier alpha value is -3.33. The van der Waals surface area contributed by atoms with Gasteiger partial charge in [0.05, 0.1) is 11.7 Å². The first-order chi connectivity index (χ1) is 12.3. The molecule has 2 amide bonds. The van der Waals surface area contributed by atoms with Crippen LogP contribution in [0.5, 0.6) is 5.88 Å². The van der Waals surface area contributed by atoms with Crippen LogP contribution in [0.4, 0.5) is 5.69 Å². The van der Waals surface area contributed by atoms with E-state index < -0.39 is 29.4 Å². The summed E-state index contributed by atoms with van der Waals surface area (Å²) in [5.74, 6) is -2.80. The average molecular weight is 358 g/mol. The molecule has 4 N–H and O–H groups in total. The molecule has 0 spiro atoms. The first-order valence-electron chi connectivity index (χ1n) is 7.78. The number of carboxylic acid groups (broad SMARTS) is 1. The van der Waals surface area contributed by atoms with E-state index in [1.54, 1.807) is 19.1 Å². The molecule has 2 rings (SSSR count). The van der Waals surface area contributed by atoms with Gasteiger partial charge in [0.25, 0.3) is 0 Å². The highest BCUT2D eigenvalue weighted by Crippen LogP contribution is 2.24. The van der Waals surface area contributed by atoms with Gasteiger partial charge in [-0.3, -0.25) is 9.59 Å². The number of carbonyl (C=O) groups excluding carboxylic acids is 2. The largest absolute Gasteiger partial charge is 0.493 e. The standard InChI is InChI=1S/C17H18N4O5/c1-3-13(22)21(16(24)9(2)18)11-6-4-10(5-7-11)14-19-8-12(17(25)26)15(23)20-14/h4-9H,3,18H2,1-2H3,(H,25,26)(H,19,20,23)/t9-/m0/s1. The Morgan fingerprint density at radius 2 is 1.85 bits per heavy atom. The molecule has 0 aliphatic rings. The topological polar surface area (TPSA) is 147 Å². The average Bonchev–Trinajstić information content (AvgIpc) is 2.61. The van der Waals surface area contributed by atoms with Crippen molar-refractivity contribution in [1.29, 1.82) is 0 Å². The molecule has 2 aromatic rings. The molecule has 1 atom stereocenters. The van der Waals surface area contributed by atoms with Gasteiger partial charge in [-0.1, -0.05) is 6.92 Å². The lowest BCUT2D eigenvalue weighted by atomic mass is 10.1. The summed E-state index contributed by atoms with van der Waals surface area (Å²) in [7, 11) is 0. The number of benzene rings is 1. The van der Waals surface area contributed by atoms with Gasteiger partial charge in [0.2, 0.25) is 17.7 Å². The quantitative estimate of drug-likeness (QED) is 0.721. The Morgan fingerprint density at radius 3 is 2.31 bits per heavy atom. The molecule has 136 valence electrons. The maximum atomic E-state index is 12.2. The number of hydrogen-bond donors (Lipinski definition) is 3. The van der Waals surface area contributed by atoms with Crippen molar-refractivity contribution in [3.63, 3.8) is 0 Å². The zero-order valence-corrected chi connectivity index (χ0v) is 14.2. The van der Waals surface area contributed by atoms with Gasteiger partial charge >= 0.3 is 5.97 Å². The normalized spacial score (nSPS) is 11.7. The van der Waals surface area contributed by atoms with Gasteiger partial charge in [0, 0.05) is 18.2 Å². The number of carbonyl (C=O) groups is 3. The van der Waals surface area contributed by atoms with Crippen molar-refractivity contribution in [3.8, 4) is 17.3 Å². The predicted octanol–water partition coefficient (Wildman–Crippen LogP) is 1.16. The lowest BCUT2D eigenvalue weighted by Gasteiger charge is -2.22. The van der Waals surface area contributed by atoms with Crippen molar-refractivity contribution in [1.82, 2.24) is 9.97 Å². The summed E-state index contributed by atoms with van der Waals surface area (Å²) in [6.45, 7) is 3.13. The fraction of sp³-hybridized carbons (Fsp3) is 0.235. The number of aromatic nitrogens is 2. The molecule has 0 saturated heterocycles. The van der Waals surface area contributed by atoms with E-state index >= 15 is 0 Å². The Bertz CT molecular complexity index is 849. The van der Waals surface area contributed by atoms with E-state index in [9.17, 15) is 19.5 Å². The van der Waals surface area contributed by atoms with Crippen LogP contribution in [-0.4, -0.2) is 44.0 Å². The summed E-state index contributed by atoms with van der Waals surface area (Å²) in [6, 6.07) is 5.31. The lowest BCUT2D eigenvalue weighted by molar-refractivity contribution is -0.126. The zero-order chi connectivity index (χ0) is 19.4. The number of imide groups is 1. The van der Waals surface area contributed by atoms with Crippen molar-refractivity contribution >= 4 is 23.5 Å². The molecule has 26 heavy (non-hydrogen) atoms. The van der Waals surface area contributed by atoms with Gasteiger partial charge in [0.1, 0.15) is 5.56 Å². The van der Waals surface area contributed by atoms with Crippen molar-refractivity contribution < 1.29 is 24.6 Å². The molecule has 0 fully saturated rings. The van der Waals surface area contributed by atoms with Crippen molar-refractivity contribution in [2.45, 2.75) is 26.3 Å². The number of nitrogens with zero attached hydrogens (tertiary/aromatic N) is 3. The third-order valence-corrected chi connectivity index (χ3v) is 3.54. The number of hydrogen-bond acceptors (Lipinski definition) is 7. The fourth-order valence-corrected chi connectivity index (χ4v) is 2.18. The number of aromatic carboxylic acids is 1. The smallest absolute Gasteiger partial charge is 0.342 e. The lowest BCUT2D eigenvalue weighted by Crippen LogP contribution is -2.45. The maximum Gasteiger partial charge on any atom is 0.342 e. The van der Waals surface area contributed by atoms with E-state index in [0.29, 0.717) is 11.3 Å². The molecule has 0 radical (unpaired) electrons. The number of aromatic hydroxyl groups is 1. The summed E-state index contributed by atoms with van der Waals surface area (Å²) in [5.41, 5.74) is 6.01. The van der Waals surface area contributed by atoms with E-state index in [1.165, 1.54) is 19.1 Å². The van der Waals surface area contributed by atoms with Crippen molar-refractivity contribution in [2.75, 3.05) is 4.90 Å². The SMILES string of the molecule is CCC(=O)N(C(=O)[C@H](C)N)c1ccc(-c2ncc(C(=O)O)c(O)n2)cc1. The Balaban J connectivity index is 2.37. The number of nitrogens with two attached hydrogens (primary N) is 1. The number of anilines is 1. The molecule has 0 unspecified atom stereocenters. The molecule has 9 heteroatoms. The molecule has 0 aliphatic carbocycles. The van der Waals surface area contributed by atoms with Gasteiger partial charge < -0.3 is 15.9 Å². The van der Waals surface area contributed by atoms with Gasteiger partial charge in [0.15, 0.2) is 5.82 Å². The van der Waals surface area contributed by atoms with Crippen LogP contribution < -0.4 is 10.6 Å². The monoisotopic (exact) mass is 358 g/mol. The molecule has 0 bridgehead atoms. The second kappa shape index (κ2) is 7.70. The predicted molar refractivity (Wildman–Crippen MR) is 92.5 cm³/mol. The zero-order valence-electron chi connectivity index (χ0n) is 14.2. The Labute approximate surface area is 149 Å². The molecule has 0 aliphatic heterocycles. The molecule has 0 saturated carbocycles. The molecule has 1 aromatic heterocycles. The van der Waals surface area contributed by atoms with E-state index in [-0.39, 0.29) is 18.2 Å². The van der Waals surface area contributed by atoms with Crippen LogP contribution in [0.3, 0.4) is 0 Å². The second-order valence-corrected chi connectivity index (χ2v) is 5.49. The van der Waals surface area contributed by atoms with Gasteiger partial charge in [-0.15, -0.1) is 0 Å². The van der Waals surface area contributed by atoms with Crippen LogP contribution in [-0.2, 0) is 9.59 Å². The minimum absolute atomic E-state index is 0.103. The summed E-state index contributed by atoms with van der Waals surface area (Å²) in [5, 5.41) is 18.5. The van der Waals surface area contributed by atoms with Crippen LogP contribution in [0, 0.1) is 0 Å². The third-order valence-electron chi connectivity index (χ3n) is 3.54.